The van der Waals surface area contributed by atoms with Crippen molar-refractivity contribution in [3.63, 3.8) is 0 Å². The van der Waals surface area contributed by atoms with E-state index in [0.717, 1.165) is 49.7 Å². The number of benzene rings is 9. The molecule has 0 N–H and O–H groups in total. The highest BCUT2D eigenvalue weighted by molar-refractivity contribution is 6.28. The molecule has 0 saturated carbocycles. The number of pyridine rings is 1. The molecule has 9 aromatic carbocycles. The minimum atomic E-state index is 0.692. The van der Waals surface area contributed by atoms with E-state index in [9.17, 15) is 5.26 Å². The molecule has 2 heterocycles. The second-order valence-electron chi connectivity index (χ2n) is 14.2. The van der Waals surface area contributed by atoms with Crippen molar-refractivity contribution in [3.8, 4) is 56.3 Å². The van der Waals surface area contributed by atoms with Gasteiger partial charge in [-0.15, -0.1) is 0 Å². The molecule has 3 heteroatoms. The van der Waals surface area contributed by atoms with Gasteiger partial charge in [-0.1, -0.05) is 127 Å². The first-order valence-electron chi connectivity index (χ1n) is 18.6. The van der Waals surface area contributed by atoms with Crippen LogP contribution in [-0.4, -0.2) is 9.55 Å². The normalized spacial score (nSPS) is 11.6. The van der Waals surface area contributed by atoms with E-state index < -0.39 is 0 Å². The highest BCUT2D eigenvalue weighted by Crippen LogP contribution is 2.48. The Morgan fingerprint density at radius 1 is 0.418 bits per heavy atom. The van der Waals surface area contributed by atoms with Crippen LogP contribution < -0.4 is 0 Å². The Kier molecular flexibility index (Phi) is 6.92. The number of hydrogen-bond acceptors (Lipinski definition) is 2. The topological polar surface area (TPSA) is 41.6 Å². The SMILES string of the molecule is N#Cc1ccc2c3c1ccc1c(-c4ccc5c(-c6ccccc6)c6cc(-c7cccnc7)ccc6c(-c6ccccc6)c5c4)ccc(c13)n2-c1ccccc1. The summed E-state index contributed by atoms with van der Waals surface area (Å²) in [5.74, 6) is 0. The van der Waals surface area contributed by atoms with Crippen LogP contribution in [0, 0.1) is 11.3 Å². The van der Waals surface area contributed by atoms with Gasteiger partial charge in [0.2, 0.25) is 0 Å². The molecule has 11 rings (SSSR count). The van der Waals surface area contributed by atoms with Gasteiger partial charge >= 0.3 is 0 Å². The molecule has 0 fully saturated rings. The first-order valence-corrected chi connectivity index (χ1v) is 18.6. The van der Waals surface area contributed by atoms with Crippen LogP contribution in [0.25, 0.3) is 104 Å². The quantitative estimate of drug-likeness (QED) is 0.133. The van der Waals surface area contributed by atoms with E-state index in [1.807, 2.05) is 24.5 Å². The number of hydrogen-bond donors (Lipinski definition) is 0. The fourth-order valence-corrected chi connectivity index (χ4v) is 8.90. The number of rotatable bonds is 5. The maximum atomic E-state index is 10.1. The zero-order valence-corrected chi connectivity index (χ0v) is 29.7. The van der Waals surface area contributed by atoms with E-state index in [4.69, 9.17) is 0 Å². The fourth-order valence-electron chi connectivity index (χ4n) is 8.90. The van der Waals surface area contributed by atoms with Crippen molar-refractivity contribution in [2.75, 3.05) is 0 Å². The Bertz CT molecular complexity index is 3290. The molecule has 0 saturated heterocycles. The smallest absolute Gasteiger partial charge is 0.0998 e. The van der Waals surface area contributed by atoms with Crippen LogP contribution >= 0.6 is 0 Å². The Labute approximate surface area is 318 Å². The highest BCUT2D eigenvalue weighted by atomic mass is 15.0. The lowest BCUT2D eigenvalue weighted by Gasteiger charge is -2.20. The van der Waals surface area contributed by atoms with Gasteiger partial charge in [-0.3, -0.25) is 4.98 Å². The van der Waals surface area contributed by atoms with Crippen LogP contribution in [0.3, 0.4) is 0 Å². The third-order valence-corrected chi connectivity index (χ3v) is 11.3. The first-order chi connectivity index (χ1) is 27.3. The summed E-state index contributed by atoms with van der Waals surface area (Å²) >= 11 is 0. The van der Waals surface area contributed by atoms with Crippen molar-refractivity contribution < 1.29 is 0 Å². The van der Waals surface area contributed by atoms with E-state index >= 15 is 0 Å². The van der Waals surface area contributed by atoms with Crippen LogP contribution in [0.5, 0.6) is 0 Å². The van der Waals surface area contributed by atoms with E-state index in [1.165, 1.54) is 54.6 Å². The van der Waals surface area contributed by atoms with Crippen LogP contribution in [0.1, 0.15) is 5.56 Å². The van der Waals surface area contributed by atoms with Gasteiger partial charge in [0.1, 0.15) is 0 Å². The average Bonchev–Trinajstić information content (AvgIpc) is 3.60. The Morgan fingerprint density at radius 3 is 1.60 bits per heavy atom. The molecular weight excluding hydrogens is 667 g/mol. The number of aromatic nitrogens is 2. The average molecular weight is 698 g/mol. The number of nitriles is 1. The summed E-state index contributed by atoms with van der Waals surface area (Å²) in [5.41, 5.74) is 13.4. The zero-order chi connectivity index (χ0) is 36.5. The second-order valence-corrected chi connectivity index (χ2v) is 14.2. The molecule has 55 heavy (non-hydrogen) atoms. The largest absolute Gasteiger partial charge is 0.309 e. The summed E-state index contributed by atoms with van der Waals surface area (Å²) in [6.07, 6.45) is 3.76. The number of nitrogens with zero attached hydrogens (tertiary/aromatic N) is 3. The molecule has 254 valence electrons. The third kappa shape index (κ3) is 4.72. The lowest BCUT2D eigenvalue weighted by molar-refractivity contribution is 1.18. The molecule has 0 aliphatic heterocycles. The Hall–Kier alpha value is -7.54. The molecule has 0 spiro atoms. The molecule has 0 aliphatic carbocycles. The zero-order valence-electron chi connectivity index (χ0n) is 29.7. The van der Waals surface area contributed by atoms with Gasteiger partial charge in [-0.2, -0.15) is 5.26 Å². The summed E-state index contributed by atoms with van der Waals surface area (Å²) in [4.78, 5) is 4.43. The van der Waals surface area contributed by atoms with Gasteiger partial charge in [0.25, 0.3) is 0 Å². The summed E-state index contributed by atoms with van der Waals surface area (Å²) in [6, 6.07) is 65.5. The minimum absolute atomic E-state index is 0.692. The fraction of sp³-hybridized carbons (Fsp3) is 0. The number of fused-ring (bicyclic) bond motifs is 2. The predicted molar refractivity (Wildman–Crippen MR) is 229 cm³/mol. The molecule has 0 amide bonds. The minimum Gasteiger partial charge on any atom is -0.309 e. The van der Waals surface area contributed by atoms with Crippen LogP contribution in [-0.2, 0) is 0 Å². The van der Waals surface area contributed by atoms with Crippen molar-refractivity contribution >= 4 is 54.1 Å². The van der Waals surface area contributed by atoms with Crippen molar-refractivity contribution in [2.45, 2.75) is 0 Å². The number of para-hydroxylation sites is 1. The Balaban J connectivity index is 1.24. The summed E-state index contributed by atoms with van der Waals surface area (Å²) in [6.45, 7) is 0. The first kappa shape index (κ1) is 31.0. The molecule has 0 atom stereocenters. The second kappa shape index (κ2) is 12.3. The van der Waals surface area contributed by atoms with Crippen LogP contribution in [0.2, 0.25) is 0 Å². The molecule has 0 unspecified atom stereocenters. The van der Waals surface area contributed by atoms with Gasteiger partial charge in [-0.25, -0.2) is 0 Å². The summed E-state index contributed by atoms with van der Waals surface area (Å²) in [5, 5.41) is 19.4. The molecule has 0 radical (unpaired) electrons. The van der Waals surface area contributed by atoms with Gasteiger partial charge in [0.15, 0.2) is 0 Å². The van der Waals surface area contributed by atoms with Gasteiger partial charge in [0.05, 0.1) is 22.7 Å². The molecule has 2 aromatic heterocycles. The maximum Gasteiger partial charge on any atom is 0.0998 e. The molecule has 0 bridgehead atoms. The van der Waals surface area contributed by atoms with Gasteiger partial charge < -0.3 is 4.57 Å². The van der Waals surface area contributed by atoms with Crippen molar-refractivity contribution in [2.24, 2.45) is 0 Å². The van der Waals surface area contributed by atoms with Crippen molar-refractivity contribution in [3.05, 3.63) is 194 Å². The van der Waals surface area contributed by atoms with E-state index in [-0.39, 0.29) is 0 Å². The van der Waals surface area contributed by atoms with E-state index in [2.05, 4.69) is 179 Å². The van der Waals surface area contributed by atoms with Crippen molar-refractivity contribution in [1.82, 2.24) is 9.55 Å². The maximum absolute atomic E-state index is 10.1. The predicted octanol–water partition coefficient (Wildman–Crippen LogP) is 13.6. The van der Waals surface area contributed by atoms with E-state index in [1.54, 1.807) is 0 Å². The van der Waals surface area contributed by atoms with Gasteiger partial charge in [-0.05, 0) is 114 Å². The Morgan fingerprint density at radius 2 is 0.964 bits per heavy atom. The molecular formula is C52H31N3. The lowest BCUT2D eigenvalue weighted by Crippen LogP contribution is -1.93. The summed E-state index contributed by atoms with van der Waals surface area (Å²) in [7, 11) is 0. The lowest BCUT2D eigenvalue weighted by atomic mass is 9.83. The molecule has 0 aliphatic rings. The van der Waals surface area contributed by atoms with Crippen molar-refractivity contribution in [1.29, 1.82) is 5.26 Å². The van der Waals surface area contributed by atoms with Gasteiger partial charge in [0, 0.05) is 39.8 Å². The van der Waals surface area contributed by atoms with Crippen LogP contribution in [0.15, 0.2) is 188 Å². The highest BCUT2D eigenvalue weighted by Gasteiger charge is 2.22. The molecule has 11 aromatic rings. The van der Waals surface area contributed by atoms with E-state index in [0.29, 0.717) is 5.56 Å². The molecule has 3 nitrogen and oxygen atoms in total. The standard InChI is InChI=1S/C52H31N3/c53-31-37-20-26-47-51-41(37)23-24-42-40(25-27-48(52(42)51)55(47)39-16-8-3-9-17-39)36-19-22-44-46(30-36)50(34-13-6-2-7-14-34)43-21-18-35(38-15-10-28-54-32-38)29-45(43)49(44)33-11-4-1-5-12-33/h1-30,32H. The summed E-state index contributed by atoms with van der Waals surface area (Å²) < 4.78 is 2.33. The third-order valence-electron chi connectivity index (χ3n) is 11.3. The van der Waals surface area contributed by atoms with Crippen LogP contribution in [0.4, 0.5) is 0 Å². The monoisotopic (exact) mass is 697 g/mol.